The molecule has 2 saturated heterocycles. The first-order valence-electron chi connectivity index (χ1n) is 8.72. The monoisotopic (exact) mass is 383 g/mol. The molecule has 0 saturated carbocycles. The lowest BCUT2D eigenvalue weighted by molar-refractivity contribution is -0.158. The molecule has 0 bridgehead atoms. The summed E-state index contributed by atoms with van der Waals surface area (Å²) in [6, 6.07) is 8.70. The Bertz CT molecular complexity index is 724. The second-order valence-corrected chi connectivity index (χ2v) is 6.84. The van der Waals surface area contributed by atoms with Crippen LogP contribution in [0.2, 0.25) is 0 Å². The minimum Gasteiger partial charge on any atom is -0.338 e. The molecule has 9 heteroatoms. The summed E-state index contributed by atoms with van der Waals surface area (Å²) in [6.07, 6.45) is -3.33. The maximum absolute atomic E-state index is 12.7. The summed E-state index contributed by atoms with van der Waals surface area (Å²) >= 11 is 0. The van der Waals surface area contributed by atoms with Crippen LogP contribution in [0.5, 0.6) is 0 Å². The summed E-state index contributed by atoms with van der Waals surface area (Å²) < 4.78 is 37.6. The lowest BCUT2D eigenvalue weighted by Crippen LogP contribution is -2.46. The summed E-state index contributed by atoms with van der Waals surface area (Å²) in [6.45, 7) is -1.34. The fourth-order valence-electron chi connectivity index (χ4n) is 3.49. The summed E-state index contributed by atoms with van der Waals surface area (Å²) in [5.74, 6) is -1.78. The molecular formula is C18H20F3N3O3. The van der Waals surface area contributed by atoms with E-state index < -0.39 is 24.5 Å². The van der Waals surface area contributed by atoms with Gasteiger partial charge in [0.2, 0.25) is 11.8 Å². The number of halogens is 3. The number of piperidine rings is 1. The second-order valence-electron chi connectivity index (χ2n) is 6.84. The van der Waals surface area contributed by atoms with Crippen LogP contribution >= 0.6 is 0 Å². The Labute approximate surface area is 154 Å². The molecule has 27 heavy (non-hydrogen) atoms. The van der Waals surface area contributed by atoms with Crippen LogP contribution in [-0.4, -0.2) is 71.4 Å². The average Bonchev–Trinajstić information content (AvgIpc) is 3.00. The van der Waals surface area contributed by atoms with E-state index in [0.29, 0.717) is 29.8 Å². The van der Waals surface area contributed by atoms with E-state index >= 15 is 0 Å². The molecule has 0 aromatic heterocycles. The van der Waals surface area contributed by atoms with Crippen LogP contribution in [0.3, 0.4) is 0 Å². The number of carbonyl (C=O) groups excluding carboxylic acids is 3. The van der Waals surface area contributed by atoms with E-state index in [1.165, 1.54) is 0 Å². The van der Waals surface area contributed by atoms with Gasteiger partial charge in [-0.05, 0) is 25.0 Å². The smallest absolute Gasteiger partial charge is 0.338 e. The highest BCUT2D eigenvalue weighted by molar-refractivity contribution is 5.95. The predicted molar refractivity (Wildman–Crippen MR) is 89.4 cm³/mol. The molecule has 0 N–H and O–H groups in total. The van der Waals surface area contributed by atoms with Crippen molar-refractivity contribution in [2.24, 2.45) is 5.92 Å². The quantitative estimate of drug-likeness (QED) is 0.799. The fourth-order valence-corrected chi connectivity index (χ4v) is 3.49. The van der Waals surface area contributed by atoms with Crippen LogP contribution in [0.15, 0.2) is 30.3 Å². The molecule has 1 atom stereocenters. The second kappa shape index (κ2) is 7.58. The van der Waals surface area contributed by atoms with Gasteiger partial charge in [0.15, 0.2) is 0 Å². The molecule has 0 radical (unpaired) electrons. The minimum atomic E-state index is -4.50. The number of carbonyl (C=O) groups is 3. The van der Waals surface area contributed by atoms with Crippen molar-refractivity contribution < 1.29 is 27.6 Å². The third kappa shape index (κ3) is 4.58. The number of hydrogen-bond acceptors (Lipinski definition) is 3. The summed E-state index contributed by atoms with van der Waals surface area (Å²) in [5, 5.41) is 0. The van der Waals surface area contributed by atoms with Crippen molar-refractivity contribution in [3.8, 4) is 0 Å². The maximum Gasteiger partial charge on any atom is 0.406 e. The Morgan fingerprint density at radius 2 is 1.81 bits per heavy atom. The predicted octanol–water partition coefficient (Wildman–Crippen LogP) is 1.73. The van der Waals surface area contributed by atoms with E-state index in [2.05, 4.69) is 0 Å². The zero-order valence-corrected chi connectivity index (χ0v) is 14.6. The van der Waals surface area contributed by atoms with Crippen LogP contribution in [0.4, 0.5) is 13.2 Å². The van der Waals surface area contributed by atoms with Crippen LogP contribution < -0.4 is 0 Å². The summed E-state index contributed by atoms with van der Waals surface area (Å²) in [4.78, 5) is 40.4. The molecule has 3 rings (SSSR count). The Morgan fingerprint density at radius 3 is 2.48 bits per heavy atom. The van der Waals surface area contributed by atoms with Gasteiger partial charge in [-0.25, -0.2) is 0 Å². The van der Waals surface area contributed by atoms with Gasteiger partial charge in [-0.3, -0.25) is 14.4 Å². The molecule has 0 spiro atoms. The number of hydrogen-bond donors (Lipinski definition) is 0. The van der Waals surface area contributed by atoms with Crippen LogP contribution in [-0.2, 0) is 9.59 Å². The molecule has 146 valence electrons. The van der Waals surface area contributed by atoms with Gasteiger partial charge in [-0.1, -0.05) is 18.2 Å². The Morgan fingerprint density at radius 1 is 1.11 bits per heavy atom. The number of amides is 3. The molecule has 1 unspecified atom stereocenters. The molecule has 2 fully saturated rings. The zero-order valence-electron chi connectivity index (χ0n) is 14.6. The van der Waals surface area contributed by atoms with E-state index in [9.17, 15) is 27.6 Å². The van der Waals surface area contributed by atoms with Crippen molar-refractivity contribution in [2.45, 2.75) is 19.0 Å². The lowest BCUT2D eigenvalue weighted by Gasteiger charge is -2.33. The highest BCUT2D eigenvalue weighted by atomic mass is 19.4. The Hall–Kier alpha value is -2.58. The van der Waals surface area contributed by atoms with Gasteiger partial charge in [-0.15, -0.1) is 0 Å². The minimum absolute atomic E-state index is 0.177. The van der Waals surface area contributed by atoms with Crippen LogP contribution in [0.25, 0.3) is 0 Å². The van der Waals surface area contributed by atoms with E-state index in [-0.39, 0.29) is 31.6 Å². The highest BCUT2D eigenvalue weighted by Gasteiger charge is 2.41. The first-order chi connectivity index (χ1) is 12.7. The third-order valence-electron chi connectivity index (χ3n) is 4.78. The van der Waals surface area contributed by atoms with Crippen molar-refractivity contribution in [3.63, 3.8) is 0 Å². The highest BCUT2D eigenvalue weighted by Crippen LogP contribution is 2.24. The first-order valence-corrected chi connectivity index (χ1v) is 8.72. The SMILES string of the molecule is O=C1CN(C(=O)C2CCCN(C(=O)c3ccccc3)C2)CN1CC(F)(F)F. The normalized spacial score (nSPS) is 20.9. The number of rotatable bonds is 3. The number of benzene rings is 1. The van der Waals surface area contributed by atoms with Gasteiger partial charge >= 0.3 is 6.18 Å². The molecule has 2 aliphatic heterocycles. The standard InChI is InChI=1S/C18H20F3N3O3/c19-18(20,21)11-24-12-23(10-15(24)25)17(27)14-7-4-8-22(9-14)16(26)13-5-2-1-3-6-13/h1-3,5-6,14H,4,7-12H2. The Kier molecular flexibility index (Phi) is 5.38. The maximum atomic E-state index is 12.7. The van der Waals surface area contributed by atoms with E-state index in [0.717, 1.165) is 4.90 Å². The largest absolute Gasteiger partial charge is 0.406 e. The molecule has 1 aromatic carbocycles. The number of likely N-dealkylation sites (tertiary alicyclic amines) is 1. The summed E-state index contributed by atoms with van der Waals surface area (Å²) in [5.41, 5.74) is 0.526. The molecule has 2 heterocycles. The zero-order chi connectivity index (χ0) is 19.6. The van der Waals surface area contributed by atoms with Gasteiger partial charge in [0, 0.05) is 18.7 Å². The molecule has 3 amide bonds. The molecule has 6 nitrogen and oxygen atoms in total. The molecule has 1 aromatic rings. The van der Waals surface area contributed by atoms with Crippen LogP contribution in [0, 0.1) is 5.92 Å². The molecular weight excluding hydrogens is 363 g/mol. The lowest BCUT2D eigenvalue weighted by atomic mass is 9.96. The van der Waals surface area contributed by atoms with Gasteiger partial charge in [0.25, 0.3) is 5.91 Å². The van der Waals surface area contributed by atoms with Crippen molar-refractivity contribution in [1.82, 2.24) is 14.7 Å². The van der Waals surface area contributed by atoms with Crippen molar-refractivity contribution >= 4 is 17.7 Å². The van der Waals surface area contributed by atoms with Gasteiger partial charge in [0.1, 0.15) is 13.1 Å². The van der Waals surface area contributed by atoms with Crippen LogP contribution in [0.1, 0.15) is 23.2 Å². The van der Waals surface area contributed by atoms with E-state index in [4.69, 9.17) is 0 Å². The van der Waals surface area contributed by atoms with Gasteiger partial charge in [-0.2, -0.15) is 13.2 Å². The fraction of sp³-hybridized carbons (Fsp3) is 0.500. The molecule has 0 aliphatic carbocycles. The van der Waals surface area contributed by atoms with E-state index in [1.807, 2.05) is 0 Å². The number of alkyl halides is 3. The third-order valence-corrected chi connectivity index (χ3v) is 4.78. The summed E-state index contributed by atoms with van der Waals surface area (Å²) in [7, 11) is 0. The van der Waals surface area contributed by atoms with E-state index in [1.54, 1.807) is 35.2 Å². The Balaban J connectivity index is 1.62. The number of nitrogens with zero attached hydrogens (tertiary/aromatic N) is 3. The van der Waals surface area contributed by atoms with Crippen molar-refractivity contribution in [3.05, 3.63) is 35.9 Å². The molecule has 2 aliphatic rings. The first kappa shape index (κ1) is 19.2. The van der Waals surface area contributed by atoms with Gasteiger partial charge < -0.3 is 14.7 Å². The average molecular weight is 383 g/mol. The van der Waals surface area contributed by atoms with Crippen molar-refractivity contribution in [2.75, 3.05) is 32.8 Å². The van der Waals surface area contributed by atoms with Crippen molar-refractivity contribution in [1.29, 1.82) is 0 Å². The van der Waals surface area contributed by atoms with Gasteiger partial charge in [0.05, 0.1) is 12.6 Å². The topological polar surface area (TPSA) is 60.9 Å².